The summed E-state index contributed by atoms with van der Waals surface area (Å²) in [5, 5.41) is 11.3. The smallest absolute Gasteiger partial charge is 0.328 e. The molecule has 1 atom stereocenters. The van der Waals surface area contributed by atoms with Gasteiger partial charge in [0.25, 0.3) is 0 Å². The molecule has 0 aliphatic carbocycles. The van der Waals surface area contributed by atoms with Gasteiger partial charge in [0.1, 0.15) is 5.54 Å². The number of nitrogens with two attached hydrogens (primary N) is 1. The third kappa shape index (κ3) is 2.82. The standard InChI is InChI=1S/C9H17N3O3/c1-9(2,7(13)14)11-8(15)12-4-3-6(10)5-12/h6H,3-5,10H2,1-2H3,(H,11,15)(H,13,14). The van der Waals surface area contributed by atoms with E-state index in [4.69, 9.17) is 10.8 Å². The van der Waals surface area contributed by atoms with E-state index in [1.165, 1.54) is 18.7 Å². The van der Waals surface area contributed by atoms with Crippen LogP contribution in [0.5, 0.6) is 0 Å². The van der Waals surface area contributed by atoms with Crippen LogP contribution in [0.15, 0.2) is 0 Å². The van der Waals surface area contributed by atoms with E-state index in [0.717, 1.165) is 6.42 Å². The Labute approximate surface area is 88.4 Å². The van der Waals surface area contributed by atoms with Crippen LogP contribution in [0.2, 0.25) is 0 Å². The van der Waals surface area contributed by atoms with Crippen LogP contribution in [-0.2, 0) is 4.79 Å². The highest BCUT2D eigenvalue weighted by atomic mass is 16.4. The Morgan fingerprint density at radius 2 is 2.13 bits per heavy atom. The molecule has 2 amide bonds. The number of carboxylic acid groups (broad SMARTS) is 1. The maximum Gasteiger partial charge on any atom is 0.328 e. The van der Waals surface area contributed by atoms with Gasteiger partial charge in [-0.15, -0.1) is 0 Å². The molecule has 0 aromatic rings. The highest BCUT2D eigenvalue weighted by Crippen LogP contribution is 2.09. The number of hydrogen-bond acceptors (Lipinski definition) is 3. The molecule has 1 saturated heterocycles. The van der Waals surface area contributed by atoms with Crippen LogP contribution in [0.25, 0.3) is 0 Å². The Morgan fingerprint density at radius 3 is 2.53 bits per heavy atom. The number of nitrogens with zero attached hydrogens (tertiary/aromatic N) is 1. The van der Waals surface area contributed by atoms with Gasteiger partial charge in [0, 0.05) is 19.1 Å². The van der Waals surface area contributed by atoms with Crippen LogP contribution in [0.4, 0.5) is 4.79 Å². The summed E-state index contributed by atoms with van der Waals surface area (Å²) in [5.74, 6) is -1.06. The minimum absolute atomic E-state index is 0.00342. The molecule has 1 unspecified atom stereocenters. The van der Waals surface area contributed by atoms with E-state index in [1.54, 1.807) is 0 Å². The average molecular weight is 215 g/mol. The number of urea groups is 1. The lowest BCUT2D eigenvalue weighted by Gasteiger charge is -2.25. The molecule has 86 valence electrons. The SMILES string of the molecule is CC(C)(NC(=O)N1CCC(N)C1)C(=O)O. The zero-order chi connectivity index (χ0) is 11.6. The van der Waals surface area contributed by atoms with Crippen LogP contribution < -0.4 is 11.1 Å². The number of nitrogens with one attached hydrogen (secondary N) is 1. The highest BCUT2D eigenvalue weighted by molar-refractivity contribution is 5.85. The minimum atomic E-state index is -1.25. The fraction of sp³-hybridized carbons (Fsp3) is 0.778. The van der Waals surface area contributed by atoms with Crippen molar-refractivity contribution in [2.75, 3.05) is 13.1 Å². The number of hydrogen-bond donors (Lipinski definition) is 3. The monoisotopic (exact) mass is 215 g/mol. The second-order valence-electron chi connectivity index (χ2n) is 4.36. The first-order valence-electron chi connectivity index (χ1n) is 4.89. The van der Waals surface area contributed by atoms with Crippen molar-refractivity contribution in [3.05, 3.63) is 0 Å². The Bertz CT molecular complexity index is 278. The Hall–Kier alpha value is -1.30. The molecule has 0 bridgehead atoms. The van der Waals surface area contributed by atoms with Crippen LogP contribution >= 0.6 is 0 Å². The Morgan fingerprint density at radius 1 is 1.53 bits per heavy atom. The van der Waals surface area contributed by atoms with Gasteiger partial charge in [-0.05, 0) is 20.3 Å². The van der Waals surface area contributed by atoms with E-state index in [-0.39, 0.29) is 12.1 Å². The van der Waals surface area contributed by atoms with Crippen molar-refractivity contribution < 1.29 is 14.7 Å². The average Bonchev–Trinajstić information content (AvgIpc) is 2.50. The normalized spacial score (nSPS) is 21.5. The number of carbonyl (C=O) groups excluding carboxylic acids is 1. The predicted octanol–water partition coefficient (Wildman–Crippen LogP) is -0.408. The van der Waals surface area contributed by atoms with Gasteiger partial charge in [-0.25, -0.2) is 9.59 Å². The maximum atomic E-state index is 11.6. The first-order valence-corrected chi connectivity index (χ1v) is 4.89. The first kappa shape index (κ1) is 11.8. The summed E-state index contributed by atoms with van der Waals surface area (Å²) < 4.78 is 0. The molecular formula is C9H17N3O3. The molecule has 4 N–H and O–H groups in total. The van der Waals surface area contributed by atoms with Gasteiger partial charge in [-0.3, -0.25) is 0 Å². The summed E-state index contributed by atoms with van der Waals surface area (Å²) >= 11 is 0. The van der Waals surface area contributed by atoms with Crippen LogP contribution in [0, 0.1) is 0 Å². The largest absolute Gasteiger partial charge is 0.480 e. The number of likely N-dealkylation sites (tertiary alicyclic amines) is 1. The molecule has 6 heteroatoms. The van der Waals surface area contributed by atoms with Crippen LogP contribution in [0.1, 0.15) is 20.3 Å². The molecule has 0 radical (unpaired) electrons. The van der Waals surface area contributed by atoms with Crippen molar-refractivity contribution in [1.82, 2.24) is 10.2 Å². The van der Waals surface area contributed by atoms with E-state index in [9.17, 15) is 9.59 Å². The van der Waals surface area contributed by atoms with Crippen molar-refractivity contribution >= 4 is 12.0 Å². The van der Waals surface area contributed by atoms with Crippen molar-refractivity contribution in [2.24, 2.45) is 5.73 Å². The molecule has 1 aliphatic rings. The van der Waals surface area contributed by atoms with E-state index < -0.39 is 11.5 Å². The van der Waals surface area contributed by atoms with Gasteiger partial charge in [0.15, 0.2) is 0 Å². The fourth-order valence-corrected chi connectivity index (χ4v) is 1.37. The van der Waals surface area contributed by atoms with Gasteiger partial charge in [0.2, 0.25) is 0 Å². The number of amides is 2. The molecule has 0 spiro atoms. The van der Waals surface area contributed by atoms with Crippen LogP contribution in [-0.4, -0.2) is 46.7 Å². The molecule has 0 saturated carbocycles. The summed E-state index contributed by atoms with van der Waals surface area (Å²) in [7, 11) is 0. The number of rotatable bonds is 2. The summed E-state index contributed by atoms with van der Waals surface area (Å²) in [6, 6.07) is -0.362. The number of aliphatic carboxylic acids is 1. The minimum Gasteiger partial charge on any atom is -0.480 e. The van der Waals surface area contributed by atoms with Gasteiger partial charge in [0.05, 0.1) is 0 Å². The lowest BCUT2D eigenvalue weighted by molar-refractivity contribution is -0.143. The molecular weight excluding hydrogens is 198 g/mol. The topological polar surface area (TPSA) is 95.7 Å². The number of carbonyl (C=O) groups is 2. The van der Waals surface area contributed by atoms with Crippen molar-refractivity contribution in [2.45, 2.75) is 31.8 Å². The zero-order valence-corrected chi connectivity index (χ0v) is 8.99. The van der Waals surface area contributed by atoms with Gasteiger partial charge in [-0.2, -0.15) is 0 Å². The Balaban J connectivity index is 2.52. The third-order valence-corrected chi connectivity index (χ3v) is 2.47. The second kappa shape index (κ2) is 4.06. The van der Waals surface area contributed by atoms with Crippen molar-refractivity contribution in [3.8, 4) is 0 Å². The molecule has 6 nitrogen and oxygen atoms in total. The molecule has 1 fully saturated rings. The zero-order valence-electron chi connectivity index (χ0n) is 8.99. The van der Waals surface area contributed by atoms with Gasteiger partial charge in [-0.1, -0.05) is 0 Å². The Kier molecular flexibility index (Phi) is 3.18. The molecule has 0 aromatic heterocycles. The summed E-state index contributed by atoms with van der Waals surface area (Å²) in [5.41, 5.74) is 4.40. The quantitative estimate of drug-likeness (QED) is 0.583. The van der Waals surface area contributed by atoms with E-state index in [1.807, 2.05) is 0 Å². The van der Waals surface area contributed by atoms with Crippen LogP contribution in [0.3, 0.4) is 0 Å². The summed E-state index contributed by atoms with van der Waals surface area (Å²) in [4.78, 5) is 23.9. The molecule has 1 aliphatic heterocycles. The fourth-order valence-electron chi connectivity index (χ4n) is 1.37. The first-order chi connectivity index (χ1) is 6.83. The highest BCUT2D eigenvalue weighted by Gasteiger charge is 2.32. The molecule has 15 heavy (non-hydrogen) atoms. The molecule has 1 heterocycles. The van der Waals surface area contributed by atoms with Crippen molar-refractivity contribution in [1.29, 1.82) is 0 Å². The summed E-state index contributed by atoms with van der Waals surface area (Å²) in [6.45, 7) is 3.97. The lowest BCUT2D eigenvalue weighted by atomic mass is 10.1. The predicted molar refractivity (Wildman–Crippen MR) is 54.4 cm³/mol. The lowest BCUT2D eigenvalue weighted by Crippen LogP contribution is -2.54. The maximum absolute atomic E-state index is 11.6. The van der Waals surface area contributed by atoms with Gasteiger partial charge >= 0.3 is 12.0 Å². The number of carboxylic acids is 1. The van der Waals surface area contributed by atoms with E-state index >= 15 is 0 Å². The summed E-state index contributed by atoms with van der Waals surface area (Å²) in [6.07, 6.45) is 0.765. The van der Waals surface area contributed by atoms with Crippen molar-refractivity contribution in [3.63, 3.8) is 0 Å². The van der Waals surface area contributed by atoms with Gasteiger partial charge < -0.3 is 21.1 Å². The van der Waals surface area contributed by atoms with E-state index in [0.29, 0.717) is 13.1 Å². The molecule has 0 aromatic carbocycles. The molecule has 1 rings (SSSR count). The van der Waals surface area contributed by atoms with E-state index in [2.05, 4.69) is 5.32 Å². The third-order valence-electron chi connectivity index (χ3n) is 2.47. The second-order valence-corrected chi connectivity index (χ2v) is 4.36.